The molecule has 0 bridgehead atoms. The second kappa shape index (κ2) is 16.9. The van der Waals surface area contributed by atoms with Crippen molar-refractivity contribution in [3.05, 3.63) is 235 Å². The molecule has 382 valence electrons. The lowest BCUT2D eigenvalue weighted by atomic mass is 9.44. The Morgan fingerprint density at radius 3 is 1.47 bits per heavy atom. The molecule has 0 aliphatic carbocycles. The van der Waals surface area contributed by atoms with E-state index in [0.717, 1.165) is 17.1 Å². The van der Waals surface area contributed by atoms with E-state index in [2.05, 4.69) is 299 Å². The molecule has 4 nitrogen and oxygen atoms in total. The van der Waals surface area contributed by atoms with E-state index in [1.807, 2.05) is 0 Å². The van der Waals surface area contributed by atoms with Gasteiger partial charge in [0.1, 0.15) is 0 Å². The minimum Gasteiger partial charge on any atom is -0.375 e. The fourth-order valence-electron chi connectivity index (χ4n) is 13.5. The molecule has 5 heteroatoms. The van der Waals surface area contributed by atoms with Gasteiger partial charge in [0.2, 0.25) is 0 Å². The van der Waals surface area contributed by atoms with Crippen LogP contribution in [-0.2, 0) is 16.2 Å². The Morgan fingerprint density at radius 2 is 0.861 bits per heavy atom. The van der Waals surface area contributed by atoms with E-state index < -0.39 is 0 Å². The van der Waals surface area contributed by atoms with Crippen LogP contribution in [0.4, 0.5) is 17.1 Å². The van der Waals surface area contributed by atoms with Crippen LogP contribution in [0, 0.1) is 0 Å². The molecule has 0 N–H and O–H groups in total. The predicted octanol–water partition coefficient (Wildman–Crippen LogP) is 18.5. The number of hydrogen-bond donors (Lipinski definition) is 0. The lowest BCUT2D eigenvalue weighted by Crippen LogP contribution is -2.57. The van der Waals surface area contributed by atoms with Gasteiger partial charge in [-0.3, -0.25) is 0 Å². The third kappa shape index (κ3) is 7.07. The Bertz CT molecular complexity index is 4630. The molecule has 0 saturated heterocycles. The summed E-state index contributed by atoms with van der Waals surface area (Å²) in [5.74, 6) is 0. The first-order chi connectivity index (χ1) is 38.1. The van der Waals surface area contributed by atoms with Crippen molar-refractivity contribution in [2.45, 2.75) is 78.6 Å². The lowest BCUT2D eigenvalue weighted by Gasteiger charge is -2.42. The molecule has 0 atom stereocenters. The molecule has 0 amide bonds. The number of hydrogen-bond acceptors (Lipinski definition) is 1. The summed E-state index contributed by atoms with van der Waals surface area (Å²) in [6, 6.07) is 83.1. The maximum absolute atomic E-state index is 2.79. The quantitative estimate of drug-likeness (QED) is 0.157. The number of nitrogens with zero attached hydrogens (tertiary/aromatic N) is 4. The van der Waals surface area contributed by atoms with Crippen molar-refractivity contribution in [1.29, 1.82) is 0 Å². The molecular formula is C74H63BN4. The summed E-state index contributed by atoms with van der Waals surface area (Å²) in [5, 5.41) is 6.26. The summed E-state index contributed by atoms with van der Waals surface area (Å²) in [6.45, 7) is 21.0. The van der Waals surface area contributed by atoms with Crippen LogP contribution in [0.15, 0.2) is 218 Å². The van der Waals surface area contributed by atoms with E-state index >= 15 is 0 Å². The molecule has 0 unspecified atom stereocenters. The molecule has 5 heterocycles. The van der Waals surface area contributed by atoms with E-state index in [9.17, 15) is 0 Å². The highest BCUT2D eigenvalue weighted by molar-refractivity contribution is 6.90. The smallest absolute Gasteiger partial charge is 0.333 e. The number of aromatic nitrogens is 3. The molecule has 10 aromatic carbocycles. The van der Waals surface area contributed by atoms with Gasteiger partial charge in [-0.25, -0.2) is 0 Å². The first-order valence-electron chi connectivity index (χ1n) is 28.2. The topological polar surface area (TPSA) is 18.0 Å². The Morgan fingerprint density at radius 1 is 0.342 bits per heavy atom. The van der Waals surface area contributed by atoms with E-state index in [1.165, 1.54) is 127 Å². The van der Waals surface area contributed by atoms with Crippen LogP contribution in [0.1, 0.15) is 79.0 Å². The summed E-state index contributed by atoms with van der Waals surface area (Å²) >= 11 is 0. The molecule has 0 fully saturated rings. The van der Waals surface area contributed by atoms with Crippen LogP contribution in [0.2, 0.25) is 0 Å². The zero-order chi connectivity index (χ0) is 53.9. The Balaban J connectivity index is 1.12. The van der Waals surface area contributed by atoms with Gasteiger partial charge in [-0.05, 0) is 145 Å². The van der Waals surface area contributed by atoms with Crippen molar-refractivity contribution >= 4 is 89.4 Å². The highest BCUT2D eigenvalue weighted by atomic mass is 15.2. The minimum atomic E-state index is -0.189. The first kappa shape index (κ1) is 47.4. The molecule has 0 spiro atoms. The molecule has 2 aliphatic heterocycles. The number of rotatable bonds is 5. The van der Waals surface area contributed by atoms with Gasteiger partial charge in [-0.2, -0.15) is 0 Å². The van der Waals surface area contributed by atoms with E-state index in [1.54, 1.807) is 0 Å². The Hall–Kier alpha value is -8.80. The molecule has 2 aliphatic rings. The van der Waals surface area contributed by atoms with Crippen molar-refractivity contribution in [3.8, 4) is 44.9 Å². The van der Waals surface area contributed by atoms with Crippen LogP contribution in [-0.4, -0.2) is 20.5 Å². The zero-order valence-corrected chi connectivity index (χ0v) is 46.7. The van der Waals surface area contributed by atoms with Gasteiger partial charge in [0, 0.05) is 77.7 Å². The highest BCUT2D eigenvalue weighted by Gasteiger charge is 2.46. The third-order valence-electron chi connectivity index (χ3n) is 17.4. The molecule has 0 saturated carbocycles. The Kier molecular flexibility index (Phi) is 10.1. The molecule has 3 aromatic heterocycles. The van der Waals surface area contributed by atoms with Crippen LogP contribution < -0.4 is 15.8 Å². The molecule has 15 rings (SSSR count). The number of para-hydroxylation sites is 4. The van der Waals surface area contributed by atoms with Crippen molar-refractivity contribution in [2.24, 2.45) is 0 Å². The van der Waals surface area contributed by atoms with Gasteiger partial charge < -0.3 is 18.5 Å². The maximum atomic E-state index is 2.79. The maximum Gasteiger partial charge on any atom is 0.333 e. The Labute approximate surface area is 463 Å². The second-order valence-electron chi connectivity index (χ2n) is 25.4. The van der Waals surface area contributed by atoms with Gasteiger partial charge >= 0.3 is 6.85 Å². The number of anilines is 3. The number of fused-ring (bicyclic) bond motifs is 10. The number of benzene rings is 10. The van der Waals surface area contributed by atoms with Crippen LogP contribution >= 0.6 is 0 Å². The zero-order valence-electron chi connectivity index (χ0n) is 46.7. The van der Waals surface area contributed by atoms with E-state index in [-0.39, 0.29) is 23.1 Å². The summed E-state index contributed by atoms with van der Waals surface area (Å²) in [5.41, 5.74) is 25.8. The second-order valence-corrected chi connectivity index (χ2v) is 25.4. The molecule has 13 aromatic rings. The summed E-state index contributed by atoms with van der Waals surface area (Å²) in [6.07, 6.45) is 0. The molecular weight excluding hydrogens is 956 g/mol. The minimum absolute atomic E-state index is 0.000832. The van der Waals surface area contributed by atoms with Crippen molar-refractivity contribution < 1.29 is 0 Å². The van der Waals surface area contributed by atoms with Gasteiger partial charge in [0.15, 0.2) is 0 Å². The van der Waals surface area contributed by atoms with Crippen molar-refractivity contribution in [2.75, 3.05) is 4.90 Å². The summed E-state index contributed by atoms with van der Waals surface area (Å²) in [4.78, 5) is 2.62. The highest BCUT2D eigenvalue weighted by Crippen LogP contribution is 2.53. The van der Waals surface area contributed by atoms with Gasteiger partial charge in [-0.1, -0.05) is 196 Å². The van der Waals surface area contributed by atoms with Gasteiger partial charge in [0.25, 0.3) is 0 Å². The third-order valence-corrected chi connectivity index (χ3v) is 17.4. The normalized spacial score (nSPS) is 13.3. The van der Waals surface area contributed by atoms with Crippen molar-refractivity contribution in [3.63, 3.8) is 0 Å². The largest absolute Gasteiger partial charge is 0.375 e. The SMILES string of the molecule is CC(C)(C)c1ccc(N2c3cc4c(cc3B3c5c(cc(C(C)(C)C)cc52)-c2cc(C(C)(C)C)cc5c(-c6ccc7c(c6)c6ccccc6n7-c6ccccc6)c(-c6ccccc6)n3c25)c2ccccc2n4-c2ccccc2)cc1. The van der Waals surface area contributed by atoms with Crippen LogP contribution in [0.5, 0.6) is 0 Å². The van der Waals surface area contributed by atoms with E-state index in [4.69, 9.17) is 0 Å². The monoisotopic (exact) mass is 1020 g/mol. The summed E-state index contributed by atoms with van der Waals surface area (Å²) in [7, 11) is 0. The average Bonchev–Trinajstić information content (AvgIpc) is 3.94. The average molecular weight is 1020 g/mol. The standard InChI is InChI=1S/C74H63BN4/c1-72(2,3)48-34-36-53(37-35-48)78-66-45-65-57(55-30-20-22-32-63(55)77(65)52-27-17-12-18-28-52)44-61(66)75-69-58(40-50(43-67(69)78)74(7,8)9)59-41-49(73(4,5)6)42-60-68(70(79(75)71(59)60)46-23-13-10-14-24-46)47-33-38-64-56(39-47)54-29-19-21-31-62(54)76(64)51-25-15-11-16-26-51/h10-45H,1-9H3. The fraction of sp³-hybridized carbons (Fsp3) is 0.162. The first-order valence-corrected chi connectivity index (χ1v) is 28.2. The lowest BCUT2D eigenvalue weighted by molar-refractivity contribution is 0.589. The van der Waals surface area contributed by atoms with Crippen molar-refractivity contribution in [1.82, 2.24) is 13.6 Å². The summed E-state index contributed by atoms with van der Waals surface area (Å²) < 4.78 is 7.71. The van der Waals surface area contributed by atoms with Gasteiger partial charge in [0.05, 0.1) is 22.1 Å². The predicted molar refractivity (Wildman–Crippen MR) is 338 cm³/mol. The van der Waals surface area contributed by atoms with Crippen LogP contribution in [0.25, 0.3) is 99.4 Å². The molecule has 79 heavy (non-hydrogen) atoms. The fourth-order valence-corrected chi connectivity index (χ4v) is 13.5. The van der Waals surface area contributed by atoms with Gasteiger partial charge in [-0.15, -0.1) is 0 Å². The molecule has 0 radical (unpaired) electrons. The van der Waals surface area contributed by atoms with Crippen LogP contribution in [0.3, 0.4) is 0 Å². The van der Waals surface area contributed by atoms with E-state index in [0.29, 0.717) is 0 Å².